The lowest BCUT2D eigenvalue weighted by Crippen LogP contribution is -2.26. The normalized spacial score (nSPS) is 21.1. The van der Waals surface area contributed by atoms with Crippen LogP contribution < -0.4 is 0 Å². The van der Waals surface area contributed by atoms with E-state index in [0.717, 1.165) is 11.1 Å². The van der Waals surface area contributed by atoms with Crippen LogP contribution in [0.25, 0.3) is 0 Å². The summed E-state index contributed by atoms with van der Waals surface area (Å²) in [5.41, 5.74) is 1.56. The maximum Gasteiger partial charge on any atom is 0.333 e. The first-order chi connectivity index (χ1) is 7.09. The summed E-state index contributed by atoms with van der Waals surface area (Å²) < 4.78 is 12.9. The lowest BCUT2D eigenvalue weighted by molar-refractivity contribution is -0.147. The van der Waals surface area contributed by atoms with Gasteiger partial charge in [0, 0.05) is 5.92 Å². The molecule has 2 atom stereocenters. The first-order valence-electron chi connectivity index (χ1n) is 4.79. The highest BCUT2D eigenvalue weighted by molar-refractivity contribution is 5.73. The Kier molecular flexibility index (Phi) is 2.44. The minimum Gasteiger partial charge on any atom is -0.479 e. The monoisotopic (exact) mass is 210 g/mol. The Balaban J connectivity index is 2.32. The molecule has 0 bridgehead atoms. The molecule has 15 heavy (non-hydrogen) atoms. The van der Waals surface area contributed by atoms with Crippen LogP contribution in [0.5, 0.6) is 0 Å². The third-order valence-electron chi connectivity index (χ3n) is 2.86. The maximum absolute atomic E-state index is 12.9. The number of rotatable bonds is 2. The molecule has 0 heterocycles. The van der Waals surface area contributed by atoms with Crippen LogP contribution in [0.1, 0.15) is 23.5 Å². The van der Waals surface area contributed by atoms with Crippen molar-refractivity contribution >= 4 is 5.97 Å². The van der Waals surface area contributed by atoms with E-state index in [9.17, 15) is 14.3 Å². The van der Waals surface area contributed by atoms with Crippen molar-refractivity contribution in [1.82, 2.24) is 0 Å². The molecule has 2 N–H and O–H groups in total. The van der Waals surface area contributed by atoms with Gasteiger partial charge >= 0.3 is 5.97 Å². The first-order valence-corrected chi connectivity index (χ1v) is 4.79. The Bertz CT molecular complexity index is 403. The quantitative estimate of drug-likeness (QED) is 0.773. The highest BCUT2D eigenvalue weighted by Gasteiger charge is 2.32. The number of benzene rings is 1. The van der Waals surface area contributed by atoms with Crippen molar-refractivity contribution in [2.75, 3.05) is 0 Å². The summed E-state index contributed by atoms with van der Waals surface area (Å²) in [4.78, 5) is 10.6. The number of carboxylic acids is 1. The van der Waals surface area contributed by atoms with Gasteiger partial charge in [-0.2, -0.15) is 0 Å². The highest BCUT2D eigenvalue weighted by Crippen LogP contribution is 2.35. The molecule has 1 aliphatic carbocycles. The van der Waals surface area contributed by atoms with Gasteiger partial charge in [-0.05, 0) is 36.1 Å². The van der Waals surface area contributed by atoms with E-state index >= 15 is 0 Å². The summed E-state index contributed by atoms with van der Waals surface area (Å²) in [6.07, 6.45) is -0.203. The number of carbonyl (C=O) groups is 1. The van der Waals surface area contributed by atoms with Gasteiger partial charge in [-0.15, -0.1) is 0 Å². The van der Waals surface area contributed by atoms with Crippen LogP contribution in [0, 0.1) is 5.82 Å². The molecule has 0 spiro atoms. The molecule has 2 unspecified atom stereocenters. The fourth-order valence-electron chi connectivity index (χ4n) is 2.12. The molecule has 1 aromatic carbocycles. The summed E-state index contributed by atoms with van der Waals surface area (Å²) in [6.45, 7) is 0. The van der Waals surface area contributed by atoms with Crippen LogP contribution in [0.2, 0.25) is 0 Å². The topological polar surface area (TPSA) is 57.5 Å². The molecule has 0 saturated carbocycles. The van der Waals surface area contributed by atoms with Gasteiger partial charge in [0.1, 0.15) is 5.82 Å². The summed E-state index contributed by atoms with van der Waals surface area (Å²) in [7, 11) is 0. The predicted molar refractivity (Wildman–Crippen MR) is 51.1 cm³/mol. The third kappa shape index (κ3) is 1.72. The standard InChI is InChI=1S/C11H11FO3/c12-7-2-4-8-6(5-7)1-3-9(8)10(13)11(14)15/h2,4-5,9-10,13H,1,3H2,(H,14,15). The van der Waals surface area contributed by atoms with E-state index in [1.807, 2.05) is 0 Å². The van der Waals surface area contributed by atoms with E-state index in [0.29, 0.717) is 12.8 Å². The van der Waals surface area contributed by atoms with Gasteiger partial charge in [-0.1, -0.05) is 6.07 Å². The number of carboxylic acid groups (broad SMARTS) is 1. The van der Waals surface area contributed by atoms with Crippen LogP contribution in [-0.4, -0.2) is 22.3 Å². The molecule has 0 radical (unpaired) electrons. The van der Waals surface area contributed by atoms with Crippen LogP contribution in [0.3, 0.4) is 0 Å². The Hall–Kier alpha value is -1.42. The molecule has 0 aromatic heterocycles. The number of aliphatic hydroxyl groups excluding tert-OH is 1. The molecule has 2 rings (SSSR count). The van der Waals surface area contributed by atoms with Gasteiger partial charge in [-0.25, -0.2) is 9.18 Å². The molecule has 4 heteroatoms. The molecule has 0 saturated heterocycles. The van der Waals surface area contributed by atoms with Gasteiger partial charge in [0.05, 0.1) is 0 Å². The van der Waals surface area contributed by atoms with Crippen molar-refractivity contribution in [1.29, 1.82) is 0 Å². The number of fused-ring (bicyclic) bond motifs is 1. The number of hydrogen-bond donors (Lipinski definition) is 2. The lowest BCUT2D eigenvalue weighted by atomic mass is 9.95. The fraction of sp³-hybridized carbons (Fsp3) is 0.364. The number of aryl methyl sites for hydroxylation is 1. The van der Waals surface area contributed by atoms with E-state index in [1.54, 1.807) is 6.07 Å². The van der Waals surface area contributed by atoms with Gasteiger partial charge < -0.3 is 10.2 Å². The van der Waals surface area contributed by atoms with E-state index < -0.39 is 18.0 Å². The predicted octanol–water partition coefficient (Wildman–Crippen LogP) is 1.30. The number of halogens is 1. The van der Waals surface area contributed by atoms with Crippen molar-refractivity contribution in [3.63, 3.8) is 0 Å². The van der Waals surface area contributed by atoms with Crippen LogP contribution in [0.15, 0.2) is 18.2 Å². The maximum atomic E-state index is 12.9. The zero-order chi connectivity index (χ0) is 11.0. The number of aliphatic hydroxyl groups is 1. The Labute approximate surface area is 86.2 Å². The van der Waals surface area contributed by atoms with Crippen LogP contribution in [0.4, 0.5) is 4.39 Å². The Morgan fingerprint density at radius 3 is 2.93 bits per heavy atom. The summed E-state index contributed by atoms with van der Waals surface area (Å²) in [5, 5.41) is 18.1. The van der Waals surface area contributed by atoms with Crippen molar-refractivity contribution in [3.05, 3.63) is 35.1 Å². The molecular formula is C11H11FO3. The fourth-order valence-corrected chi connectivity index (χ4v) is 2.12. The minimum absolute atomic E-state index is 0.320. The Morgan fingerprint density at radius 1 is 1.53 bits per heavy atom. The summed E-state index contributed by atoms with van der Waals surface area (Å²) in [6, 6.07) is 4.27. The molecule has 3 nitrogen and oxygen atoms in total. The van der Waals surface area contributed by atoms with E-state index in [-0.39, 0.29) is 5.82 Å². The molecule has 1 aliphatic rings. The molecule has 80 valence electrons. The SMILES string of the molecule is O=C(O)C(O)C1CCc2cc(F)ccc21. The second-order valence-electron chi connectivity index (χ2n) is 3.77. The van der Waals surface area contributed by atoms with Crippen molar-refractivity contribution in [2.24, 2.45) is 0 Å². The van der Waals surface area contributed by atoms with E-state index in [1.165, 1.54) is 12.1 Å². The van der Waals surface area contributed by atoms with Gasteiger partial charge in [0.2, 0.25) is 0 Å². The molecule has 0 fully saturated rings. The van der Waals surface area contributed by atoms with E-state index in [2.05, 4.69) is 0 Å². The van der Waals surface area contributed by atoms with Gasteiger partial charge in [0.15, 0.2) is 6.10 Å². The van der Waals surface area contributed by atoms with Crippen LogP contribution in [-0.2, 0) is 11.2 Å². The zero-order valence-corrected chi connectivity index (χ0v) is 7.98. The second-order valence-corrected chi connectivity index (χ2v) is 3.77. The Morgan fingerprint density at radius 2 is 2.27 bits per heavy atom. The van der Waals surface area contributed by atoms with Crippen molar-refractivity contribution in [2.45, 2.75) is 24.9 Å². The van der Waals surface area contributed by atoms with Crippen molar-refractivity contribution in [3.8, 4) is 0 Å². The summed E-state index contributed by atoms with van der Waals surface area (Å²) in [5.74, 6) is -1.95. The average Bonchev–Trinajstić information content (AvgIpc) is 2.59. The van der Waals surface area contributed by atoms with Crippen LogP contribution >= 0.6 is 0 Å². The molecule has 0 aliphatic heterocycles. The molecule has 1 aromatic rings. The minimum atomic E-state index is -1.39. The number of aliphatic carboxylic acids is 1. The zero-order valence-electron chi connectivity index (χ0n) is 7.98. The highest BCUT2D eigenvalue weighted by atomic mass is 19.1. The smallest absolute Gasteiger partial charge is 0.333 e. The third-order valence-corrected chi connectivity index (χ3v) is 2.86. The van der Waals surface area contributed by atoms with Gasteiger partial charge in [-0.3, -0.25) is 0 Å². The lowest BCUT2D eigenvalue weighted by Gasteiger charge is -2.14. The number of hydrogen-bond acceptors (Lipinski definition) is 2. The van der Waals surface area contributed by atoms with Gasteiger partial charge in [0.25, 0.3) is 0 Å². The largest absolute Gasteiger partial charge is 0.479 e. The average molecular weight is 210 g/mol. The summed E-state index contributed by atoms with van der Waals surface area (Å²) >= 11 is 0. The first kappa shape index (κ1) is 10.1. The second kappa shape index (κ2) is 3.62. The van der Waals surface area contributed by atoms with Crippen molar-refractivity contribution < 1.29 is 19.4 Å². The molecular weight excluding hydrogens is 199 g/mol. The molecule has 0 amide bonds. The van der Waals surface area contributed by atoms with E-state index in [4.69, 9.17) is 5.11 Å².